The van der Waals surface area contributed by atoms with Crippen LogP contribution in [0, 0.1) is 0 Å². The summed E-state index contributed by atoms with van der Waals surface area (Å²) in [5, 5.41) is 1.39. The molecule has 0 fully saturated rings. The van der Waals surface area contributed by atoms with Gasteiger partial charge in [-0.2, -0.15) is 0 Å². The first-order valence-electron chi connectivity index (χ1n) is 6.56. The van der Waals surface area contributed by atoms with Crippen molar-refractivity contribution in [2.24, 2.45) is 0 Å². The van der Waals surface area contributed by atoms with E-state index in [2.05, 4.69) is 0 Å². The molecule has 21 heavy (non-hydrogen) atoms. The third-order valence-electron chi connectivity index (χ3n) is 3.16. The minimum absolute atomic E-state index is 0.341. The van der Waals surface area contributed by atoms with Gasteiger partial charge in [-0.15, -0.1) is 0 Å². The summed E-state index contributed by atoms with van der Waals surface area (Å²) in [6.45, 7) is 1.62. The number of methoxy groups -OCH3 is 1. The molecule has 0 aliphatic rings. The van der Waals surface area contributed by atoms with Crippen molar-refractivity contribution in [2.45, 2.75) is 6.92 Å². The fourth-order valence-corrected chi connectivity index (χ4v) is 4.56. The van der Waals surface area contributed by atoms with Crippen molar-refractivity contribution in [3.05, 3.63) is 72.1 Å². The van der Waals surface area contributed by atoms with Gasteiger partial charge in [-0.3, -0.25) is 0 Å². The van der Waals surface area contributed by atoms with Crippen LogP contribution in [0.3, 0.4) is 0 Å². The van der Waals surface area contributed by atoms with E-state index >= 15 is 0 Å². The minimum atomic E-state index is -3.01. The molecule has 0 spiro atoms. The molecule has 108 valence electrons. The zero-order chi connectivity index (χ0) is 15.3. The van der Waals surface area contributed by atoms with E-state index in [1.807, 2.05) is 60.7 Å². The average Bonchev–Trinajstić information content (AvgIpc) is 2.55. The molecule has 4 heteroatoms. The lowest BCUT2D eigenvalue weighted by molar-refractivity contribution is -0.136. The third kappa shape index (κ3) is 3.32. The van der Waals surface area contributed by atoms with Crippen LogP contribution in [-0.4, -0.2) is 13.1 Å². The topological polar surface area (TPSA) is 43.4 Å². The van der Waals surface area contributed by atoms with Crippen LogP contribution < -0.4 is 10.6 Å². The molecule has 2 rings (SSSR count). The number of carbonyl (C=O) groups excluding carboxylic acids is 1. The van der Waals surface area contributed by atoms with Gasteiger partial charge in [0.2, 0.25) is 0 Å². The Morgan fingerprint density at radius 2 is 1.38 bits per heavy atom. The fraction of sp³-hybridized carbons (Fsp3) is 0.118. The molecular formula is C17H17O3P. The van der Waals surface area contributed by atoms with Gasteiger partial charge in [0, 0.05) is 16.2 Å². The Labute approximate surface area is 124 Å². The standard InChI is InChI=1S/C17H17O3P/c1-14(17(18)20-2)13-21(19,15-9-5-3-6-10-15)16-11-7-4-8-12-16/h3-13H,1-2H3/b14-13+. The first-order valence-corrected chi connectivity index (χ1v) is 8.34. The van der Waals surface area contributed by atoms with E-state index in [0.717, 1.165) is 0 Å². The number of benzene rings is 2. The first kappa shape index (κ1) is 15.3. The van der Waals surface area contributed by atoms with Crippen LogP contribution in [-0.2, 0) is 14.1 Å². The molecule has 0 saturated heterocycles. The third-order valence-corrected chi connectivity index (χ3v) is 6.04. The summed E-state index contributed by atoms with van der Waals surface area (Å²) in [4.78, 5) is 11.6. The smallest absolute Gasteiger partial charge is 0.333 e. The number of hydrogen-bond donors (Lipinski definition) is 0. The summed E-state index contributed by atoms with van der Waals surface area (Å²) >= 11 is 0. The predicted octanol–water partition coefficient (Wildman–Crippen LogP) is 3.08. The molecule has 0 saturated carbocycles. The number of rotatable bonds is 4. The Morgan fingerprint density at radius 3 is 1.76 bits per heavy atom. The van der Waals surface area contributed by atoms with Gasteiger partial charge >= 0.3 is 5.97 Å². The summed E-state index contributed by atoms with van der Waals surface area (Å²) < 4.78 is 18.3. The highest BCUT2D eigenvalue weighted by molar-refractivity contribution is 7.81. The molecule has 0 atom stereocenters. The van der Waals surface area contributed by atoms with E-state index < -0.39 is 13.1 Å². The zero-order valence-corrected chi connectivity index (χ0v) is 12.9. The van der Waals surface area contributed by atoms with Crippen LogP contribution in [0.1, 0.15) is 6.92 Å². The average molecular weight is 300 g/mol. The molecule has 0 unspecified atom stereocenters. The molecule has 0 radical (unpaired) electrons. The lowest BCUT2D eigenvalue weighted by Gasteiger charge is -2.16. The van der Waals surface area contributed by atoms with E-state index in [1.165, 1.54) is 12.9 Å². The Hall–Kier alpha value is -2.12. The maximum atomic E-state index is 13.6. The van der Waals surface area contributed by atoms with Crippen LogP contribution >= 0.6 is 7.14 Å². The van der Waals surface area contributed by atoms with Crippen molar-refractivity contribution in [3.63, 3.8) is 0 Å². The van der Waals surface area contributed by atoms with Crippen molar-refractivity contribution in [2.75, 3.05) is 7.11 Å². The number of ether oxygens (including phenoxy) is 1. The van der Waals surface area contributed by atoms with Gasteiger partial charge in [0.05, 0.1) is 7.11 Å². The van der Waals surface area contributed by atoms with E-state index in [4.69, 9.17) is 4.74 Å². The van der Waals surface area contributed by atoms with E-state index in [1.54, 1.807) is 6.92 Å². The van der Waals surface area contributed by atoms with Gasteiger partial charge in [0.1, 0.15) is 0 Å². The first-order chi connectivity index (χ1) is 10.1. The summed E-state index contributed by atoms with van der Waals surface area (Å²) in [7, 11) is -1.70. The van der Waals surface area contributed by atoms with Crippen LogP contribution in [0.5, 0.6) is 0 Å². The minimum Gasteiger partial charge on any atom is -0.466 e. The van der Waals surface area contributed by atoms with Crippen molar-refractivity contribution in [1.82, 2.24) is 0 Å². The Morgan fingerprint density at radius 1 is 0.952 bits per heavy atom. The molecule has 0 aromatic heterocycles. The van der Waals surface area contributed by atoms with E-state index in [0.29, 0.717) is 16.2 Å². The van der Waals surface area contributed by atoms with Crippen LogP contribution in [0.4, 0.5) is 0 Å². The highest BCUT2D eigenvalue weighted by atomic mass is 31.2. The number of esters is 1. The normalized spacial score (nSPS) is 12.0. The molecule has 2 aromatic carbocycles. The molecule has 0 heterocycles. The highest BCUT2D eigenvalue weighted by Gasteiger charge is 2.25. The molecule has 0 aliphatic heterocycles. The largest absolute Gasteiger partial charge is 0.466 e. The molecule has 2 aromatic rings. The van der Waals surface area contributed by atoms with Gasteiger partial charge in [-0.1, -0.05) is 60.7 Å². The summed E-state index contributed by atoms with van der Waals surface area (Å²) in [5.74, 6) is 1.06. The van der Waals surface area contributed by atoms with Crippen molar-refractivity contribution in [1.29, 1.82) is 0 Å². The van der Waals surface area contributed by atoms with Crippen LogP contribution in [0.25, 0.3) is 0 Å². The van der Waals surface area contributed by atoms with Gasteiger partial charge in [-0.25, -0.2) is 4.79 Å². The van der Waals surface area contributed by atoms with Crippen LogP contribution in [0.2, 0.25) is 0 Å². The summed E-state index contributed by atoms with van der Waals surface area (Å²) in [5.41, 5.74) is 0.341. The van der Waals surface area contributed by atoms with Gasteiger partial charge in [0.15, 0.2) is 7.14 Å². The lowest BCUT2D eigenvalue weighted by atomic mass is 10.4. The van der Waals surface area contributed by atoms with E-state index in [-0.39, 0.29) is 0 Å². The maximum absolute atomic E-state index is 13.6. The van der Waals surface area contributed by atoms with Gasteiger partial charge < -0.3 is 9.30 Å². The number of carbonyl (C=O) groups is 1. The Balaban J connectivity index is 2.61. The van der Waals surface area contributed by atoms with Gasteiger partial charge in [-0.05, 0) is 12.7 Å². The van der Waals surface area contributed by atoms with Crippen molar-refractivity contribution >= 4 is 23.7 Å². The number of hydrogen-bond acceptors (Lipinski definition) is 3. The zero-order valence-electron chi connectivity index (χ0n) is 12.0. The quantitative estimate of drug-likeness (QED) is 0.495. The van der Waals surface area contributed by atoms with Crippen molar-refractivity contribution < 1.29 is 14.1 Å². The highest BCUT2D eigenvalue weighted by Crippen LogP contribution is 2.45. The van der Waals surface area contributed by atoms with E-state index in [9.17, 15) is 9.36 Å². The lowest BCUT2D eigenvalue weighted by Crippen LogP contribution is -2.15. The molecule has 0 amide bonds. The predicted molar refractivity (Wildman–Crippen MR) is 85.5 cm³/mol. The second-order valence-corrected chi connectivity index (χ2v) is 7.24. The van der Waals surface area contributed by atoms with Gasteiger partial charge in [0.25, 0.3) is 0 Å². The fourth-order valence-electron chi connectivity index (χ4n) is 2.08. The Kier molecular flexibility index (Phi) is 4.77. The SMILES string of the molecule is COC(=O)/C(C)=C/P(=O)(c1ccccc1)c1ccccc1. The molecule has 0 aliphatic carbocycles. The van der Waals surface area contributed by atoms with Crippen LogP contribution in [0.15, 0.2) is 72.1 Å². The molecule has 0 N–H and O–H groups in total. The van der Waals surface area contributed by atoms with Crippen molar-refractivity contribution in [3.8, 4) is 0 Å². The second-order valence-electron chi connectivity index (χ2n) is 4.63. The monoisotopic (exact) mass is 300 g/mol. The maximum Gasteiger partial charge on any atom is 0.333 e. The Bertz CT molecular complexity index is 647. The molecular weight excluding hydrogens is 283 g/mol. The summed E-state index contributed by atoms with van der Waals surface area (Å²) in [6.07, 6.45) is 0. The molecule has 3 nitrogen and oxygen atoms in total. The summed E-state index contributed by atoms with van der Waals surface area (Å²) in [6, 6.07) is 18.4. The second kappa shape index (κ2) is 6.55. The molecule has 0 bridgehead atoms.